The van der Waals surface area contributed by atoms with Crippen LogP contribution in [0.2, 0.25) is 0 Å². The van der Waals surface area contributed by atoms with E-state index in [1.807, 2.05) is 0 Å². The second-order valence-electron chi connectivity index (χ2n) is 3.67. The molecule has 8 nitrogen and oxygen atoms in total. The number of carbonyl (C=O) groups excluding carboxylic acids is 1. The first-order valence-electron chi connectivity index (χ1n) is 5.61. The number of morpholine rings is 1. The van der Waals surface area contributed by atoms with Gasteiger partial charge in [0.05, 0.1) is 19.8 Å². The van der Waals surface area contributed by atoms with Crippen molar-refractivity contribution in [2.75, 3.05) is 39.5 Å². The summed E-state index contributed by atoms with van der Waals surface area (Å²) in [5, 5.41) is 46.2. The summed E-state index contributed by atoms with van der Waals surface area (Å²) in [4.78, 5) is 10.5. The number of ether oxygens (including phenoxy) is 1. The highest BCUT2D eigenvalue weighted by Gasteiger charge is 2.28. The highest BCUT2D eigenvalue weighted by atomic mass is 16.5. The fourth-order valence-corrected chi connectivity index (χ4v) is 1.12. The zero-order valence-corrected chi connectivity index (χ0v) is 10.0. The van der Waals surface area contributed by atoms with Gasteiger partial charge in [-0.05, 0) is 0 Å². The number of hydrogen-bond acceptors (Lipinski definition) is 8. The summed E-state index contributed by atoms with van der Waals surface area (Å²) in [5.41, 5.74) is 0. The van der Waals surface area contributed by atoms with E-state index in [9.17, 15) is 4.79 Å². The van der Waals surface area contributed by atoms with Crippen LogP contribution in [-0.4, -0.2) is 89.1 Å². The molecular formula is C10H21NO7. The Morgan fingerprint density at radius 1 is 1.17 bits per heavy atom. The molecule has 0 saturated carbocycles. The van der Waals surface area contributed by atoms with Crippen LogP contribution in [0.25, 0.3) is 0 Å². The summed E-state index contributed by atoms with van der Waals surface area (Å²) in [6, 6.07) is 0. The molecule has 108 valence electrons. The van der Waals surface area contributed by atoms with E-state index in [-0.39, 0.29) is 0 Å². The lowest BCUT2D eigenvalue weighted by molar-refractivity contribution is -0.142. The van der Waals surface area contributed by atoms with Crippen molar-refractivity contribution in [1.29, 1.82) is 0 Å². The topological polar surface area (TPSA) is 139 Å². The number of aliphatic hydroxyl groups excluding tert-OH is 5. The first-order valence-corrected chi connectivity index (χ1v) is 5.61. The van der Waals surface area contributed by atoms with E-state index in [4.69, 9.17) is 30.3 Å². The maximum atomic E-state index is 10.5. The number of Topliss-reactive ketones (excluding diaryl/α,β-unsaturated/α-hetero) is 1. The van der Waals surface area contributed by atoms with Gasteiger partial charge in [0.25, 0.3) is 0 Å². The highest BCUT2D eigenvalue weighted by molar-refractivity contribution is 5.84. The van der Waals surface area contributed by atoms with Crippen LogP contribution >= 0.6 is 0 Å². The van der Waals surface area contributed by atoms with Crippen LogP contribution in [-0.2, 0) is 9.53 Å². The van der Waals surface area contributed by atoms with Gasteiger partial charge in [-0.2, -0.15) is 0 Å². The fraction of sp³-hybridized carbons (Fsp3) is 0.900. The van der Waals surface area contributed by atoms with Gasteiger partial charge in [0, 0.05) is 13.1 Å². The van der Waals surface area contributed by atoms with Gasteiger partial charge in [-0.1, -0.05) is 0 Å². The maximum Gasteiger partial charge on any atom is 0.189 e. The van der Waals surface area contributed by atoms with Crippen LogP contribution < -0.4 is 5.32 Å². The van der Waals surface area contributed by atoms with Crippen LogP contribution in [0.15, 0.2) is 0 Å². The Labute approximate surface area is 105 Å². The molecule has 8 heteroatoms. The van der Waals surface area contributed by atoms with Gasteiger partial charge >= 0.3 is 0 Å². The Bertz CT molecular complexity index is 211. The van der Waals surface area contributed by atoms with Crippen molar-refractivity contribution < 1.29 is 35.1 Å². The van der Waals surface area contributed by atoms with Crippen LogP contribution in [0.4, 0.5) is 0 Å². The lowest BCUT2D eigenvalue weighted by Crippen LogP contribution is -2.44. The largest absolute Gasteiger partial charge is 0.394 e. The van der Waals surface area contributed by atoms with Crippen molar-refractivity contribution in [2.45, 2.75) is 18.3 Å². The molecule has 0 unspecified atom stereocenters. The van der Waals surface area contributed by atoms with Gasteiger partial charge in [0.2, 0.25) is 0 Å². The molecule has 0 radical (unpaired) electrons. The van der Waals surface area contributed by atoms with Crippen molar-refractivity contribution in [3.63, 3.8) is 0 Å². The summed E-state index contributed by atoms with van der Waals surface area (Å²) in [6.07, 6.45) is -5.22. The summed E-state index contributed by atoms with van der Waals surface area (Å²) in [7, 11) is 0. The van der Waals surface area contributed by atoms with E-state index in [2.05, 4.69) is 5.32 Å². The number of hydrogen-bond donors (Lipinski definition) is 6. The van der Waals surface area contributed by atoms with Crippen molar-refractivity contribution in [3.05, 3.63) is 0 Å². The zero-order valence-electron chi connectivity index (χ0n) is 10.0. The van der Waals surface area contributed by atoms with E-state index < -0.39 is 37.3 Å². The van der Waals surface area contributed by atoms with Crippen molar-refractivity contribution >= 4 is 5.78 Å². The minimum Gasteiger partial charge on any atom is -0.394 e. The molecule has 18 heavy (non-hydrogen) atoms. The second kappa shape index (κ2) is 10.3. The molecule has 1 fully saturated rings. The normalized spacial score (nSPS) is 20.3. The second-order valence-corrected chi connectivity index (χ2v) is 3.67. The van der Waals surface area contributed by atoms with Crippen molar-refractivity contribution in [1.82, 2.24) is 5.32 Å². The average molecular weight is 267 g/mol. The molecule has 1 heterocycles. The quantitative estimate of drug-likeness (QED) is 0.298. The molecule has 1 saturated heterocycles. The molecule has 0 aromatic rings. The van der Waals surface area contributed by atoms with Crippen molar-refractivity contribution in [3.8, 4) is 0 Å². The number of carbonyl (C=O) groups is 1. The van der Waals surface area contributed by atoms with Gasteiger partial charge in [0.15, 0.2) is 5.78 Å². The molecule has 1 rings (SSSR count). The number of rotatable bonds is 5. The minimum atomic E-state index is -1.86. The van der Waals surface area contributed by atoms with Gasteiger partial charge in [-0.25, -0.2) is 0 Å². The lowest BCUT2D eigenvalue weighted by Gasteiger charge is -2.19. The first-order chi connectivity index (χ1) is 8.54. The predicted octanol–water partition coefficient (Wildman–Crippen LogP) is -3.77. The third-order valence-electron chi connectivity index (χ3n) is 2.24. The van der Waals surface area contributed by atoms with Gasteiger partial charge in [-0.3, -0.25) is 4.79 Å². The summed E-state index contributed by atoms with van der Waals surface area (Å²) >= 11 is 0. The lowest BCUT2D eigenvalue weighted by atomic mass is 10.1. The molecule has 1 aliphatic heterocycles. The molecule has 3 atom stereocenters. The molecular weight excluding hydrogens is 246 g/mol. The van der Waals surface area contributed by atoms with Crippen molar-refractivity contribution in [2.24, 2.45) is 0 Å². The number of ketones is 1. The molecule has 0 aromatic heterocycles. The van der Waals surface area contributed by atoms with Gasteiger partial charge in [-0.15, -0.1) is 0 Å². The van der Waals surface area contributed by atoms with Crippen LogP contribution in [0.1, 0.15) is 0 Å². The van der Waals surface area contributed by atoms with Gasteiger partial charge < -0.3 is 35.6 Å². The van der Waals surface area contributed by atoms with Crippen LogP contribution in [0.5, 0.6) is 0 Å². The third kappa shape index (κ3) is 6.97. The fourth-order valence-electron chi connectivity index (χ4n) is 1.12. The molecule has 0 aliphatic carbocycles. The molecule has 0 spiro atoms. The van der Waals surface area contributed by atoms with E-state index in [0.717, 1.165) is 26.3 Å². The molecule has 0 aromatic carbocycles. The molecule has 6 N–H and O–H groups in total. The Hall–Kier alpha value is -0.610. The molecule has 0 bridgehead atoms. The zero-order chi connectivity index (χ0) is 14.0. The Morgan fingerprint density at radius 2 is 1.72 bits per heavy atom. The SMILES string of the molecule is C1COCCN1.O=C(CO)[C@@H](O)[C@H](O)[C@H](O)CO. The van der Waals surface area contributed by atoms with E-state index in [1.54, 1.807) is 0 Å². The maximum absolute atomic E-state index is 10.5. The number of nitrogens with one attached hydrogen (secondary N) is 1. The smallest absolute Gasteiger partial charge is 0.189 e. The number of aliphatic hydroxyl groups is 5. The van der Waals surface area contributed by atoms with E-state index >= 15 is 0 Å². The third-order valence-corrected chi connectivity index (χ3v) is 2.24. The Balaban J connectivity index is 0.000000397. The predicted molar refractivity (Wildman–Crippen MR) is 60.9 cm³/mol. The Morgan fingerprint density at radius 3 is 2.00 bits per heavy atom. The summed E-state index contributed by atoms with van der Waals surface area (Å²) in [6.45, 7) is 2.15. The van der Waals surface area contributed by atoms with Gasteiger partial charge in [0.1, 0.15) is 24.9 Å². The van der Waals surface area contributed by atoms with Crippen LogP contribution in [0, 0.1) is 0 Å². The average Bonchev–Trinajstić information content (AvgIpc) is 2.46. The first kappa shape index (κ1) is 17.4. The highest BCUT2D eigenvalue weighted by Crippen LogP contribution is 2.00. The summed E-state index contributed by atoms with van der Waals surface area (Å²) in [5.74, 6) is -1.00. The van der Waals surface area contributed by atoms with E-state index in [1.165, 1.54) is 0 Å². The molecule has 0 amide bonds. The van der Waals surface area contributed by atoms with Crippen LogP contribution in [0.3, 0.4) is 0 Å². The monoisotopic (exact) mass is 267 g/mol. The van der Waals surface area contributed by atoms with E-state index in [0.29, 0.717) is 0 Å². The standard InChI is InChI=1S/C6H12O6.C4H9NO/c7-1-3(9)5(11)6(12)4(10)2-8;1-3-6-4-2-5-1/h3,5-9,11-12H,1-2H2;5H,1-4H2/t3-,5-,6-;/m1./s1. The Kier molecular flexibility index (Phi) is 9.98. The summed E-state index contributed by atoms with van der Waals surface area (Å²) < 4.78 is 5.01. The minimum absolute atomic E-state index is 0.767. The molecule has 1 aliphatic rings.